The summed E-state index contributed by atoms with van der Waals surface area (Å²) in [5.74, 6) is -1.75. The van der Waals surface area contributed by atoms with Crippen molar-refractivity contribution in [3.05, 3.63) is 81.4 Å². The lowest BCUT2D eigenvalue weighted by Gasteiger charge is -2.32. The van der Waals surface area contributed by atoms with Crippen molar-refractivity contribution in [2.75, 3.05) is 14.2 Å². The van der Waals surface area contributed by atoms with E-state index in [4.69, 9.17) is 14.2 Å². The SMILES string of the molecule is COc1c2c(c(C(=O)/C=C/c3ccccc3)c(OC)c1Cc1c(O)c(C)c(O)c(C(C)=O)c1O)OC(C)(C)C=C2. The highest BCUT2D eigenvalue weighted by Gasteiger charge is 2.35. The molecule has 0 amide bonds. The standard InChI is InChI=1S/C32H32O8/c1-17-26(35)21(28(37)24(18(2)33)27(17)36)16-22-29(38-5)20-14-15-32(3,4)40-31(20)25(30(22)39-6)23(34)13-12-19-10-8-7-9-11-19/h7-15,35-37H,16H2,1-6H3/b13-12+. The number of carbonyl (C=O) groups excluding carboxylic acids is 2. The van der Waals surface area contributed by atoms with Crippen molar-refractivity contribution in [1.29, 1.82) is 0 Å². The Morgan fingerprint density at radius 2 is 1.57 bits per heavy atom. The van der Waals surface area contributed by atoms with Crippen LogP contribution in [0, 0.1) is 6.92 Å². The normalized spacial score (nSPS) is 13.6. The summed E-state index contributed by atoms with van der Waals surface area (Å²) >= 11 is 0. The maximum atomic E-state index is 13.8. The van der Waals surface area contributed by atoms with Gasteiger partial charge in [0.1, 0.15) is 51.2 Å². The minimum Gasteiger partial charge on any atom is -0.507 e. The first-order valence-electron chi connectivity index (χ1n) is 12.7. The van der Waals surface area contributed by atoms with E-state index in [9.17, 15) is 24.9 Å². The molecular formula is C32H32O8. The van der Waals surface area contributed by atoms with Gasteiger partial charge in [-0.25, -0.2) is 0 Å². The molecule has 0 unspecified atom stereocenters. The van der Waals surface area contributed by atoms with Crippen LogP contribution in [-0.4, -0.2) is 46.7 Å². The Morgan fingerprint density at radius 3 is 2.17 bits per heavy atom. The summed E-state index contributed by atoms with van der Waals surface area (Å²) in [6.07, 6.45) is 6.53. The van der Waals surface area contributed by atoms with Crippen molar-refractivity contribution in [2.24, 2.45) is 0 Å². The fraction of sp³-hybridized carbons (Fsp3) is 0.250. The molecule has 3 N–H and O–H groups in total. The third-order valence-electron chi connectivity index (χ3n) is 6.85. The van der Waals surface area contributed by atoms with Crippen LogP contribution >= 0.6 is 0 Å². The molecule has 0 saturated heterocycles. The van der Waals surface area contributed by atoms with Gasteiger partial charge in [0, 0.05) is 23.1 Å². The molecule has 0 atom stereocenters. The van der Waals surface area contributed by atoms with E-state index in [0.717, 1.165) is 5.56 Å². The average Bonchev–Trinajstić information content (AvgIpc) is 2.92. The third kappa shape index (κ3) is 5.00. The van der Waals surface area contributed by atoms with Crippen LogP contribution in [-0.2, 0) is 6.42 Å². The lowest BCUT2D eigenvalue weighted by molar-refractivity contribution is 0.100. The molecule has 40 heavy (non-hydrogen) atoms. The number of hydrogen-bond donors (Lipinski definition) is 3. The van der Waals surface area contributed by atoms with Crippen molar-refractivity contribution in [2.45, 2.75) is 39.7 Å². The Hall–Kier alpha value is -4.72. The minimum absolute atomic E-state index is 0.0287. The van der Waals surface area contributed by atoms with E-state index in [0.29, 0.717) is 16.9 Å². The lowest BCUT2D eigenvalue weighted by atomic mass is 9.89. The van der Waals surface area contributed by atoms with Gasteiger partial charge in [0.15, 0.2) is 11.6 Å². The summed E-state index contributed by atoms with van der Waals surface area (Å²) in [6, 6.07) is 9.34. The third-order valence-corrected chi connectivity index (χ3v) is 6.85. The number of aromatic hydroxyl groups is 3. The van der Waals surface area contributed by atoms with Crippen molar-refractivity contribution in [1.82, 2.24) is 0 Å². The summed E-state index contributed by atoms with van der Waals surface area (Å²) < 4.78 is 17.8. The zero-order valence-corrected chi connectivity index (χ0v) is 23.3. The fourth-order valence-electron chi connectivity index (χ4n) is 4.84. The van der Waals surface area contributed by atoms with E-state index < -0.39 is 34.4 Å². The molecule has 3 aromatic carbocycles. The molecule has 0 aliphatic carbocycles. The average molecular weight is 545 g/mol. The van der Waals surface area contributed by atoms with E-state index in [1.165, 1.54) is 34.1 Å². The van der Waals surface area contributed by atoms with Crippen molar-refractivity contribution >= 4 is 23.7 Å². The first-order chi connectivity index (χ1) is 18.9. The quantitative estimate of drug-likeness (QED) is 0.233. The van der Waals surface area contributed by atoms with Gasteiger partial charge in [0.2, 0.25) is 0 Å². The summed E-state index contributed by atoms with van der Waals surface area (Å²) in [6.45, 7) is 6.34. The predicted octanol–water partition coefficient (Wildman–Crippen LogP) is 6.00. The Bertz CT molecular complexity index is 1560. The summed E-state index contributed by atoms with van der Waals surface area (Å²) in [7, 11) is 2.85. The van der Waals surface area contributed by atoms with E-state index in [2.05, 4.69) is 0 Å². The molecule has 1 aliphatic rings. The summed E-state index contributed by atoms with van der Waals surface area (Å²) in [4.78, 5) is 26.0. The highest BCUT2D eigenvalue weighted by molar-refractivity contribution is 6.12. The molecule has 0 radical (unpaired) electrons. The second-order valence-electron chi connectivity index (χ2n) is 10.1. The molecule has 1 aliphatic heterocycles. The van der Waals surface area contributed by atoms with E-state index in [1.807, 2.05) is 50.3 Å². The molecule has 3 aromatic rings. The Morgan fingerprint density at radius 1 is 0.925 bits per heavy atom. The number of phenolic OH excluding ortho intramolecular Hbond substituents is 3. The maximum absolute atomic E-state index is 13.8. The fourth-order valence-corrected chi connectivity index (χ4v) is 4.84. The van der Waals surface area contributed by atoms with Gasteiger partial charge >= 0.3 is 0 Å². The van der Waals surface area contributed by atoms with Gasteiger partial charge in [0.25, 0.3) is 0 Å². The number of ether oxygens (including phenoxy) is 3. The second kappa shape index (κ2) is 10.8. The molecular weight excluding hydrogens is 512 g/mol. The Labute approximate surface area is 232 Å². The number of Topliss-reactive ketones (excluding diaryl/α,β-unsaturated/α-hetero) is 1. The van der Waals surface area contributed by atoms with Crippen molar-refractivity contribution in [3.8, 4) is 34.5 Å². The van der Waals surface area contributed by atoms with E-state index in [-0.39, 0.29) is 40.2 Å². The number of hydrogen-bond acceptors (Lipinski definition) is 8. The summed E-state index contributed by atoms with van der Waals surface area (Å²) in [5, 5.41) is 32.3. The molecule has 208 valence electrons. The van der Waals surface area contributed by atoms with Gasteiger partial charge in [-0.3, -0.25) is 9.59 Å². The van der Waals surface area contributed by atoms with Gasteiger partial charge < -0.3 is 29.5 Å². The predicted molar refractivity (Wildman–Crippen MR) is 152 cm³/mol. The first-order valence-corrected chi connectivity index (χ1v) is 12.7. The number of allylic oxidation sites excluding steroid dienone is 1. The van der Waals surface area contributed by atoms with Gasteiger partial charge in [-0.2, -0.15) is 0 Å². The Kier molecular flexibility index (Phi) is 7.64. The summed E-state index contributed by atoms with van der Waals surface area (Å²) in [5.41, 5.74) is 0.729. The van der Waals surface area contributed by atoms with Crippen LogP contribution in [0.15, 0.2) is 42.5 Å². The number of ketones is 2. The van der Waals surface area contributed by atoms with Crippen LogP contribution in [0.4, 0.5) is 0 Å². The first kappa shape index (κ1) is 28.3. The molecule has 4 rings (SSSR count). The van der Waals surface area contributed by atoms with Crippen molar-refractivity contribution < 1.29 is 39.1 Å². The smallest absolute Gasteiger partial charge is 0.193 e. The minimum atomic E-state index is -0.732. The molecule has 0 aromatic heterocycles. The molecule has 8 heteroatoms. The molecule has 0 bridgehead atoms. The number of benzene rings is 3. The largest absolute Gasteiger partial charge is 0.507 e. The molecule has 0 spiro atoms. The number of carbonyl (C=O) groups is 2. The second-order valence-corrected chi connectivity index (χ2v) is 10.1. The number of phenols is 3. The van der Waals surface area contributed by atoms with Crippen LogP contribution in [0.2, 0.25) is 0 Å². The molecule has 8 nitrogen and oxygen atoms in total. The number of fused-ring (bicyclic) bond motifs is 1. The highest BCUT2D eigenvalue weighted by Crippen LogP contribution is 2.51. The van der Waals surface area contributed by atoms with E-state index in [1.54, 1.807) is 12.2 Å². The highest BCUT2D eigenvalue weighted by atomic mass is 16.5. The topological polar surface area (TPSA) is 123 Å². The zero-order chi connectivity index (χ0) is 29.4. The van der Waals surface area contributed by atoms with Gasteiger partial charge in [-0.05, 0) is 51.5 Å². The van der Waals surface area contributed by atoms with Crippen LogP contribution in [0.25, 0.3) is 12.2 Å². The zero-order valence-electron chi connectivity index (χ0n) is 23.3. The van der Waals surface area contributed by atoms with Gasteiger partial charge in [-0.15, -0.1) is 0 Å². The van der Waals surface area contributed by atoms with Crippen molar-refractivity contribution in [3.63, 3.8) is 0 Å². The van der Waals surface area contributed by atoms with Crippen LogP contribution in [0.3, 0.4) is 0 Å². The van der Waals surface area contributed by atoms with E-state index >= 15 is 0 Å². The number of methoxy groups -OCH3 is 2. The van der Waals surface area contributed by atoms with Crippen LogP contribution in [0.5, 0.6) is 34.5 Å². The molecule has 0 fully saturated rings. The Balaban J connectivity index is 2.01. The van der Waals surface area contributed by atoms with Gasteiger partial charge in [0.05, 0.1) is 19.8 Å². The van der Waals surface area contributed by atoms with Crippen LogP contribution < -0.4 is 14.2 Å². The molecule has 1 heterocycles. The van der Waals surface area contributed by atoms with Gasteiger partial charge in [-0.1, -0.05) is 36.4 Å². The van der Waals surface area contributed by atoms with Crippen LogP contribution in [0.1, 0.15) is 69.3 Å². The number of rotatable bonds is 8. The monoisotopic (exact) mass is 544 g/mol. The molecule has 0 saturated carbocycles. The lowest BCUT2D eigenvalue weighted by Crippen LogP contribution is -2.29. The maximum Gasteiger partial charge on any atom is 0.193 e.